The minimum Gasteiger partial charge on any atom is -0.465 e. The molecule has 2 heterocycles. The van der Waals surface area contributed by atoms with Crippen LogP contribution in [0.25, 0.3) is 10.4 Å². The summed E-state index contributed by atoms with van der Waals surface area (Å²) in [6.45, 7) is 2.15. The Hall–Kier alpha value is -4.70. The van der Waals surface area contributed by atoms with Gasteiger partial charge in [0.05, 0.1) is 17.9 Å². The first-order valence-electron chi connectivity index (χ1n) is 12.4. The van der Waals surface area contributed by atoms with Gasteiger partial charge in [0.2, 0.25) is 5.91 Å². The van der Waals surface area contributed by atoms with Crippen molar-refractivity contribution in [3.05, 3.63) is 101 Å². The molecule has 0 unspecified atom stereocenters. The van der Waals surface area contributed by atoms with Crippen LogP contribution in [0.5, 0.6) is 0 Å². The third kappa shape index (κ3) is 6.99. The van der Waals surface area contributed by atoms with E-state index in [1.165, 1.54) is 0 Å². The van der Waals surface area contributed by atoms with Crippen molar-refractivity contribution in [1.82, 2.24) is 15.2 Å². The van der Waals surface area contributed by atoms with Crippen molar-refractivity contribution in [3.8, 4) is 10.4 Å². The molecule has 200 valence electrons. The zero-order chi connectivity index (χ0) is 27.8. The van der Waals surface area contributed by atoms with Gasteiger partial charge in [0, 0.05) is 35.8 Å². The number of nitrogens with two attached hydrogens (primary N) is 1. The predicted octanol–water partition coefficient (Wildman–Crippen LogP) is 4.87. The fourth-order valence-corrected chi connectivity index (χ4v) is 4.83. The van der Waals surface area contributed by atoms with Crippen molar-refractivity contribution in [2.45, 2.75) is 25.9 Å². The highest BCUT2D eigenvalue weighted by atomic mass is 32.1. The van der Waals surface area contributed by atoms with Crippen LogP contribution >= 0.6 is 11.3 Å². The second-order valence-electron chi connectivity index (χ2n) is 8.82. The van der Waals surface area contributed by atoms with Crippen LogP contribution in [-0.4, -0.2) is 45.5 Å². The highest BCUT2D eigenvalue weighted by Crippen LogP contribution is 2.30. The minimum atomic E-state index is -1.21. The maximum atomic E-state index is 13.0. The molecule has 3 amide bonds. The second kappa shape index (κ2) is 12.7. The zero-order valence-electron chi connectivity index (χ0n) is 21.3. The van der Waals surface area contributed by atoms with Crippen LogP contribution in [0.2, 0.25) is 0 Å². The zero-order valence-corrected chi connectivity index (χ0v) is 22.2. The number of hydrogen-bond donors (Lipinski definition) is 4. The number of nitrogens with one attached hydrogen (secondary N) is 2. The lowest BCUT2D eigenvalue weighted by atomic mass is 10.0. The normalized spacial score (nSPS) is 11.4. The number of hydrogen-bond acceptors (Lipinski definition) is 6. The summed E-state index contributed by atoms with van der Waals surface area (Å²) in [5, 5.41) is 17.5. The van der Waals surface area contributed by atoms with Crippen LogP contribution in [0.1, 0.15) is 28.4 Å². The molecule has 2 aromatic carbocycles. The van der Waals surface area contributed by atoms with Crippen LogP contribution in [0.15, 0.2) is 84.5 Å². The van der Waals surface area contributed by atoms with Gasteiger partial charge in [-0.05, 0) is 65.4 Å². The fourth-order valence-electron chi connectivity index (χ4n) is 4.11. The summed E-state index contributed by atoms with van der Waals surface area (Å²) in [5.74, 6) is -0.729. The van der Waals surface area contributed by atoms with Crippen LogP contribution in [0.3, 0.4) is 0 Å². The van der Waals surface area contributed by atoms with Crippen LogP contribution in [0, 0.1) is 0 Å². The van der Waals surface area contributed by atoms with Gasteiger partial charge in [-0.3, -0.25) is 19.5 Å². The predicted molar refractivity (Wildman–Crippen MR) is 153 cm³/mol. The molecule has 2 aromatic heterocycles. The molecule has 10 heteroatoms. The van der Waals surface area contributed by atoms with Crippen molar-refractivity contribution in [2.24, 2.45) is 0 Å². The summed E-state index contributed by atoms with van der Waals surface area (Å²) < 4.78 is 0. The quantitative estimate of drug-likeness (QED) is 0.211. The Morgan fingerprint density at radius 3 is 2.49 bits per heavy atom. The van der Waals surface area contributed by atoms with Crippen LogP contribution < -0.4 is 16.4 Å². The van der Waals surface area contributed by atoms with E-state index in [1.54, 1.807) is 73.1 Å². The Morgan fingerprint density at radius 1 is 1.05 bits per heavy atom. The third-order valence-electron chi connectivity index (χ3n) is 6.10. The summed E-state index contributed by atoms with van der Waals surface area (Å²) in [5.41, 5.74) is 9.80. The molecule has 39 heavy (non-hydrogen) atoms. The van der Waals surface area contributed by atoms with Gasteiger partial charge < -0.3 is 21.5 Å². The number of carbonyl (C=O) groups excluding carboxylic acids is 2. The van der Waals surface area contributed by atoms with E-state index in [1.807, 2.05) is 29.6 Å². The first-order valence-corrected chi connectivity index (χ1v) is 13.2. The van der Waals surface area contributed by atoms with Crippen LogP contribution in [-0.2, 0) is 17.8 Å². The van der Waals surface area contributed by atoms with Crippen molar-refractivity contribution in [2.75, 3.05) is 17.6 Å². The molecular weight excluding hydrogens is 514 g/mol. The molecule has 0 aliphatic rings. The average Bonchev–Trinajstić information content (AvgIpc) is 3.48. The summed E-state index contributed by atoms with van der Waals surface area (Å²) in [6.07, 6.45) is 2.09. The van der Waals surface area contributed by atoms with E-state index in [2.05, 4.69) is 15.6 Å². The Labute approximate surface area is 230 Å². The molecule has 0 bridgehead atoms. The molecule has 4 aromatic rings. The number of likely N-dealkylation sites (N-methyl/N-ethyl adjacent to an activating group) is 1. The smallest absolute Gasteiger partial charge is 0.408 e. The maximum Gasteiger partial charge on any atom is 0.408 e. The van der Waals surface area contributed by atoms with E-state index in [-0.39, 0.29) is 18.9 Å². The van der Waals surface area contributed by atoms with Gasteiger partial charge in [-0.1, -0.05) is 30.3 Å². The highest BCUT2D eigenvalue weighted by Gasteiger charge is 2.30. The number of nitrogen functional groups attached to an aromatic ring is 1. The van der Waals surface area contributed by atoms with Gasteiger partial charge in [-0.25, -0.2) is 4.79 Å². The molecule has 0 radical (unpaired) electrons. The highest BCUT2D eigenvalue weighted by molar-refractivity contribution is 7.13. The Bertz CT molecular complexity index is 1430. The van der Waals surface area contributed by atoms with Gasteiger partial charge in [-0.15, -0.1) is 11.3 Å². The second-order valence-corrected chi connectivity index (χ2v) is 9.76. The molecule has 1 atom stereocenters. The maximum absolute atomic E-state index is 13.0. The van der Waals surface area contributed by atoms with Gasteiger partial charge >= 0.3 is 6.09 Å². The van der Waals surface area contributed by atoms with Gasteiger partial charge in [0.15, 0.2) is 0 Å². The molecule has 0 saturated carbocycles. The molecular formula is C29H29N5O4S. The number of aromatic nitrogens is 1. The molecule has 9 nitrogen and oxygen atoms in total. The van der Waals surface area contributed by atoms with E-state index in [9.17, 15) is 19.5 Å². The first-order chi connectivity index (χ1) is 18.9. The molecule has 4 rings (SSSR count). The Balaban J connectivity index is 1.50. The SMILES string of the molecule is CCNC(=O)[C@H](Cc1ccc(C(=O)Nc2cc(-c3cccs3)ccc2N)cc1)N(Cc1cccnc1)C(=O)O. The van der Waals surface area contributed by atoms with E-state index < -0.39 is 18.0 Å². The van der Waals surface area contributed by atoms with Gasteiger partial charge in [0.25, 0.3) is 5.91 Å². The number of amides is 3. The van der Waals surface area contributed by atoms with Crippen molar-refractivity contribution in [3.63, 3.8) is 0 Å². The Kier molecular flexibility index (Phi) is 8.90. The lowest BCUT2D eigenvalue weighted by Crippen LogP contribution is -2.50. The molecule has 5 N–H and O–H groups in total. The summed E-state index contributed by atoms with van der Waals surface area (Å²) in [4.78, 5) is 44.2. The molecule has 0 fully saturated rings. The number of pyridine rings is 1. The van der Waals surface area contributed by atoms with Crippen molar-refractivity contribution >= 4 is 40.6 Å². The lowest BCUT2D eigenvalue weighted by molar-refractivity contribution is -0.126. The number of nitrogens with zero attached hydrogens (tertiary/aromatic N) is 2. The molecule has 0 saturated heterocycles. The van der Waals surface area contributed by atoms with E-state index in [4.69, 9.17) is 5.73 Å². The number of carboxylic acid groups (broad SMARTS) is 1. The number of rotatable bonds is 10. The van der Waals surface area contributed by atoms with Gasteiger partial charge in [0.1, 0.15) is 6.04 Å². The Morgan fingerprint density at radius 2 is 1.85 bits per heavy atom. The average molecular weight is 544 g/mol. The standard InChI is InChI=1S/C29H29N5O4S/c1-2-32-28(36)25(34(29(37)38)18-20-5-3-13-31-17-20)15-19-7-9-21(10-8-19)27(35)33-24-16-22(11-12-23(24)30)26-6-4-14-39-26/h3-14,16-17,25H,2,15,18,30H2,1H3,(H,32,36)(H,33,35)(H,37,38)/t25-/m0/s1. The first kappa shape index (κ1) is 27.3. The minimum absolute atomic E-state index is 0.0113. The van der Waals surface area contributed by atoms with Crippen molar-refractivity contribution in [1.29, 1.82) is 0 Å². The largest absolute Gasteiger partial charge is 0.465 e. The van der Waals surface area contributed by atoms with Crippen molar-refractivity contribution < 1.29 is 19.5 Å². The molecule has 0 aliphatic carbocycles. The lowest BCUT2D eigenvalue weighted by Gasteiger charge is -2.28. The van der Waals surface area contributed by atoms with E-state index >= 15 is 0 Å². The topological polar surface area (TPSA) is 138 Å². The van der Waals surface area contributed by atoms with E-state index in [0.29, 0.717) is 34.6 Å². The number of benzene rings is 2. The summed E-state index contributed by atoms with van der Waals surface area (Å²) in [6, 6.07) is 18.7. The summed E-state index contributed by atoms with van der Waals surface area (Å²) >= 11 is 1.60. The monoisotopic (exact) mass is 543 g/mol. The summed E-state index contributed by atoms with van der Waals surface area (Å²) in [7, 11) is 0. The number of thiophene rings is 1. The number of carbonyl (C=O) groups is 3. The fraction of sp³-hybridized carbons (Fsp3) is 0.172. The number of anilines is 2. The van der Waals surface area contributed by atoms with E-state index in [0.717, 1.165) is 15.3 Å². The molecule has 0 spiro atoms. The third-order valence-corrected chi connectivity index (χ3v) is 7.02. The van der Waals surface area contributed by atoms with Gasteiger partial charge in [-0.2, -0.15) is 0 Å². The van der Waals surface area contributed by atoms with Crippen LogP contribution in [0.4, 0.5) is 16.2 Å². The molecule has 0 aliphatic heterocycles.